The molecule has 1 aromatic carbocycles. The Hall–Kier alpha value is -1.91. The normalized spacial score (nSPS) is 8.74. The van der Waals surface area contributed by atoms with Crippen LogP contribution in [0.5, 0.6) is 0 Å². The summed E-state index contributed by atoms with van der Waals surface area (Å²) in [6.07, 6.45) is -2.68. The summed E-state index contributed by atoms with van der Waals surface area (Å²) in [4.78, 5) is 23.4. The number of amides is 1. The maximum Gasteiger partial charge on any atom is 0.416 e. The summed E-state index contributed by atoms with van der Waals surface area (Å²) < 4.78 is 36.3. The number of aliphatic hydroxyl groups is 1. The van der Waals surface area contributed by atoms with Gasteiger partial charge in [0.2, 0.25) is 6.08 Å². The number of hydrogen-bond donors (Lipinski definition) is 1. The molecule has 0 spiro atoms. The number of aliphatic imine (C=N–C) groups is 1. The molecule has 0 fully saturated rings. The van der Waals surface area contributed by atoms with Gasteiger partial charge in [0.15, 0.2) is 0 Å². The Bertz CT molecular complexity index is 502. The van der Waals surface area contributed by atoms with Crippen molar-refractivity contribution in [1.82, 2.24) is 0 Å². The Balaban J connectivity index is 0. The second-order valence-electron chi connectivity index (χ2n) is 2.68. The molecule has 1 rings (SSSR count). The summed E-state index contributed by atoms with van der Waals surface area (Å²) in [7, 11) is 0. The van der Waals surface area contributed by atoms with Crippen LogP contribution >= 0.6 is 0 Å². The molecular weight excluding hydrogens is 361 g/mol. The molecule has 9 heteroatoms. The van der Waals surface area contributed by atoms with E-state index in [0.717, 1.165) is 36.6 Å². The molecule has 0 heterocycles. The van der Waals surface area contributed by atoms with Crippen molar-refractivity contribution in [3.8, 4) is 6.26 Å². The molecule has 1 amide bonds. The Kier molecular flexibility index (Phi) is 9.28. The van der Waals surface area contributed by atoms with Crippen molar-refractivity contribution in [1.29, 1.82) is 5.26 Å². The minimum atomic E-state index is -4.45. The summed E-state index contributed by atoms with van der Waals surface area (Å²) in [6, 6.07) is 3.39. The fraction of sp³-hybridized carbons (Fsp3) is 0.100. The number of nitriles is 1. The van der Waals surface area contributed by atoms with Gasteiger partial charge in [-0.25, -0.2) is 4.79 Å². The van der Waals surface area contributed by atoms with Gasteiger partial charge < -0.3 is 5.11 Å². The number of isocyanates is 1. The van der Waals surface area contributed by atoms with E-state index in [4.69, 9.17) is 10.4 Å². The quantitative estimate of drug-likeness (QED) is 0.356. The van der Waals surface area contributed by atoms with Crippen LogP contribution in [-0.2, 0) is 33.4 Å². The molecule has 1 aromatic rings. The van der Waals surface area contributed by atoms with Gasteiger partial charge in [-0.1, -0.05) is 0 Å². The predicted molar refractivity (Wildman–Crippen MR) is 51.4 cm³/mol. The van der Waals surface area contributed by atoms with Crippen LogP contribution in [0.2, 0.25) is 0 Å². The van der Waals surface area contributed by atoms with Crippen LogP contribution in [0.4, 0.5) is 13.2 Å². The first-order valence-corrected chi connectivity index (χ1v) is 4.19. The van der Waals surface area contributed by atoms with Gasteiger partial charge in [0.05, 0.1) is 5.56 Å². The number of hydrogen-bond acceptors (Lipinski definition) is 4. The Morgan fingerprint density at radius 1 is 1.26 bits per heavy atom. The molecule has 0 aromatic heterocycles. The van der Waals surface area contributed by atoms with E-state index in [1.165, 1.54) is 0 Å². The SMILES string of the molecule is N#CO.O=C=NC(=O)c1ccc(C(F)(F)F)cc1.[Ag]. The van der Waals surface area contributed by atoms with E-state index < -0.39 is 17.6 Å². The van der Waals surface area contributed by atoms with Crippen LogP contribution in [-0.4, -0.2) is 17.1 Å². The first kappa shape index (κ1) is 19.4. The van der Waals surface area contributed by atoms with Gasteiger partial charge in [0, 0.05) is 27.9 Å². The van der Waals surface area contributed by atoms with Gasteiger partial charge in [0.25, 0.3) is 12.2 Å². The van der Waals surface area contributed by atoms with E-state index >= 15 is 0 Å². The van der Waals surface area contributed by atoms with E-state index in [0.29, 0.717) is 0 Å². The van der Waals surface area contributed by atoms with Gasteiger partial charge >= 0.3 is 6.18 Å². The van der Waals surface area contributed by atoms with Crippen molar-refractivity contribution < 1.29 is 50.2 Å². The van der Waals surface area contributed by atoms with Crippen LogP contribution in [0.3, 0.4) is 0 Å². The van der Waals surface area contributed by atoms with Crippen molar-refractivity contribution in [2.45, 2.75) is 6.18 Å². The molecular formula is C10H5AgF3N2O3. The second kappa shape index (κ2) is 9.08. The van der Waals surface area contributed by atoms with Crippen molar-refractivity contribution in [2.75, 3.05) is 0 Å². The number of nitrogens with zero attached hydrogens (tertiary/aromatic N) is 2. The summed E-state index contributed by atoms with van der Waals surface area (Å²) in [5.74, 6) is -0.918. The Labute approximate surface area is 120 Å². The molecule has 0 aliphatic rings. The number of carbonyl (C=O) groups excluding carboxylic acids is 2. The number of benzene rings is 1. The molecule has 0 unspecified atom stereocenters. The minimum absolute atomic E-state index is 0. The van der Waals surface area contributed by atoms with Gasteiger partial charge in [-0.3, -0.25) is 4.79 Å². The summed E-state index contributed by atoms with van der Waals surface area (Å²) in [5.41, 5.74) is -0.958. The van der Waals surface area contributed by atoms with E-state index in [9.17, 15) is 22.8 Å². The molecule has 5 nitrogen and oxygen atoms in total. The third-order valence-electron chi connectivity index (χ3n) is 1.61. The van der Waals surface area contributed by atoms with Crippen LogP contribution in [0, 0.1) is 11.5 Å². The fourth-order valence-electron chi connectivity index (χ4n) is 0.908. The third kappa shape index (κ3) is 7.18. The van der Waals surface area contributed by atoms with E-state index in [1.807, 2.05) is 0 Å². The average molecular weight is 366 g/mol. The number of aliphatic hydroxyl groups excluding tert-OH is 1. The average Bonchev–Trinajstić information content (AvgIpc) is 2.29. The second-order valence-corrected chi connectivity index (χ2v) is 2.68. The number of carbonyl (C=O) groups is 1. The van der Waals surface area contributed by atoms with E-state index in [1.54, 1.807) is 0 Å². The van der Waals surface area contributed by atoms with Crippen molar-refractivity contribution in [3.63, 3.8) is 0 Å². The number of halogens is 3. The van der Waals surface area contributed by atoms with Crippen LogP contribution < -0.4 is 0 Å². The molecule has 1 N–H and O–H groups in total. The standard InChI is InChI=1S/C9H4F3NO2.CHNO.Ag/c10-9(11,12)7-3-1-6(2-4-7)8(15)13-5-14;2-1-3;/h1-4H;3H;. The zero-order valence-corrected chi connectivity index (χ0v) is 10.4. The van der Waals surface area contributed by atoms with Gasteiger partial charge in [-0.2, -0.15) is 18.4 Å². The van der Waals surface area contributed by atoms with Gasteiger partial charge in [-0.15, -0.1) is 4.99 Å². The third-order valence-corrected chi connectivity index (χ3v) is 1.61. The molecule has 0 aliphatic heterocycles. The number of alkyl halides is 3. The topological polar surface area (TPSA) is 90.5 Å². The first-order chi connectivity index (χ1) is 8.36. The summed E-state index contributed by atoms with van der Waals surface area (Å²) >= 11 is 0. The molecule has 0 atom stereocenters. The van der Waals surface area contributed by atoms with Crippen molar-refractivity contribution >= 4 is 12.0 Å². The van der Waals surface area contributed by atoms with E-state index in [-0.39, 0.29) is 27.9 Å². The van der Waals surface area contributed by atoms with Crippen LogP contribution in [0.15, 0.2) is 29.3 Å². The maximum absolute atomic E-state index is 12.1. The van der Waals surface area contributed by atoms with Gasteiger partial charge in [0.1, 0.15) is 0 Å². The van der Waals surface area contributed by atoms with Crippen molar-refractivity contribution in [2.24, 2.45) is 4.99 Å². The molecule has 0 bridgehead atoms. The Morgan fingerprint density at radius 2 is 1.68 bits per heavy atom. The maximum atomic E-state index is 12.1. The predicted octanol–water partition coefficient (Wildman–Crippen LogP) is 2.02. The first-order valence-electron chi connectivity index (χ1n) is 4.19. The smallest absolute Gasteiger partial charge is 0.416 e. The monoisotopic (exact) mass is 365 g/mol. The molecule has 0 saturated heterocycles. The fourth-order valence-corrected chi connectivity index (χ4v) is 0.908. The summed E-state index contributed by atoms with van der Waals surface area (Å²) in [5, 5.41) is 13.8. The zero-order valence-electron chi connectivity index (χ0n) is 8.90. The molecule has 0 aliphatic carbocycles. The molecule has 1 radical (unpaired) electrons. The number of rotatable bonds is 1. The largest absolute Gasteiger partial charge is 0.443 e. The van der Waals surface area contributed by atoms with Crippen LogP contribution in [0.25, 0.3) is 0 Å². The molecule has 105 valence electrons. The van der Waals surface area contributed by atoms with Crippen LogP contribution in [0.1, 0.15) is 15.9 Å². The summed E-state index contributed by atoms with van der Waals surface area (Å²) in [6.45, 7) is 0. The van der Waals surface area contributed by atoms with Gasteiger partial charge in [-0.05, 0) is 24.3 Å². The van der Waals surface area contributed by atoms with Crippen molar-refractivity contribution in [3.05, 3.63) is 35.4 Å². The molecule has 19 heavy (non-hydrogen) atoms. The minimum Gasteiger partial charge on any atom is -0.443 e. The Morgan fingerprint density at radius 3 is 2.00 bits per heavy atom. The molecule has 0 saturated carbocycles. The zero-order chi connectivity index (χ0) is 14.2. The van der Waals surface area contributed by atoms with E-state index in [2.05, 4.69) is 4.99 Å².